The van der Waals surface area contributed by atoms with E-state index in [2.05, 4.69) is 32.6 Å². The molecule has 0 saturated carbocycles. The fourth-order valence-corrected chi connectivity index (χ4v) is 3.92. The highest BCUT2D eigenvalue weighted by Crippen LogP contribution is 2.35. The quantitative estimate of drug-likeness (QED) is 0.579. The van der Waals surface area contributed by atoms with Crippen molar-refractivity contribution < 1.29 is 4.74 Å². The first-order valence-electron chi connectivity index (χ1n) is 4.35. The van der Waals surface area contributed by atoms with Gasteiger partial charge in [-0.1, -0.05) is 26.6 Å². The maximum Gasteiger partial charge on any atom is 0.0986 e. The standard InChI is InChI=1S/C9H18OSi/c1-5-9(11(2,3)4)7-6-8-10-9/h6,8H,5,7H2,1-4H3. The second-order valence-corrected chi connectivity index (χ2v) is 9.70. The van der Waals surface area contributed by atoms with Crippen LogP contribution in [0.2, 0.25) is 19.6 Å². The zero-order valence-electron chi connectivity index (χ0n) is 7.98. The minimum absolute atomic E-state index is 0.201. The van der Waals surface area contributed by atoms with Crippen molar-refractivity contribution in [2.24, 2.45) is 0 Å². The summed E-state index contributed by atoms with van der Waals surface area (Å²) in [5.41, 5.74) is 0. The minimum Gasteiger partial charge on any atom is -0.499 e. The minimum atomic E-state index is -1.16. The Balaban J connectivity index is 2.77. The van der Waals surface area contributed by atoms with Gasteiger partial charge in [-0.25, -0.2) is 0 Å². The van der Waals surface area contributed by atoms with Gasteiger partial charge < -0.3 is 4.74 Å². The Morgan fingerprint density at radius 1 is 1.45 bits per heavy atom. The molecule has 0 aliphatic carbocycles. The molecule has 0 aromatic rings. The molecule has 0 radical (unpaired) electrons. The molecule has 1 aliphatic rings. The SMILES string of the molecule is CCC1([Si](C)(C)C)CC=CO1. The molecule has 0 bridgehead atoms. The first-order valence-corrected chi connectivity index (χ1v) is 7.85. The molecule has 1 rings (SSSR count). The summed E-state index contributed by atoms with van der Waals surface area (Å²) in [6.45, 7) is 9.36. The molecule has 1 heterocycles. The molecule has 0 saturated heterocycles. The van der Waals surface area contributed by atoms with Gasteiger partial charge >= 0.3 is 0 Å². The zero-order valence-corrected chi connectivity index (χ0v) is 8.98. The van der Waals surface area contributed by atoms with Gasteiger partial charge in [-0.15, -0.1) is 0 Å². The van der Waals surface area contributed by atoms with Crippen molar-refractivity contribution in [1.82, 2.24) is 0 Å². The van der Waals surface area contributed by atoms with Crippen LogP contribution in [0.25, 0.3) is 0 Å². The summed E-state index contributed by atoms with van der Waals surface area (Å²) in [6, 6.07) is 0. The maximum atomic E-state index is 5.74. The van der Waals surface area contributed by atoms with Gasteiger partial charge in [0.1, 0.15) is 0 Å². The summed E-state index contributed by atoms with van der Waals surface area (Å²) in [5.74, 6) is 0. The van der Waals surface area contributed by atoms with Gasteiger partial charge in [0, 0.05) is 6.42 Å². The lowest BCUT2D eigenvalue weighted by Gasteiger charge is -2.38. The second kappa shape index (κ2) is 2.66. The third-order valence-electron chi connectivity index (χ3n) is 2.78. The summed E-state index contributed by atoms with van der Waals surface area (Å²) >= 11 is 0. The summed E-state index contributed by atoms with van der Waals surface area (Å²) < 4.78 is 5.74. The van der Waals surface area contributed by atoms with Crippen LogP contribution in [0.1, 0.15) is 19.8 Å². The van der Waals surface area contributed by atoms with Gasteiger partial charge in [-0.05, 0) is 12.5 Å². The van der Waals surface area contributed by atoms with Crippen LogP contribution in [0.4, 0.5) is 0 Å². The first kappa shape index (κ1) is 8.85. The molecule has 2 heteroatoms. The monoisotopic (exact) mass is 170 g/mol. The molecule has 0 aromatic carbocycles. The molecule has 0 N–H and O–H groups in total. The molecule has 1 atom stereocenters. The van der Waals surface area contributed by atoms with Crippen molar-refractivity contribution in [3.8, 4) is 0 Å². The van der Waals surface area contributed by atoms with Crippen LogP contribution in [0.5, 0.6) is 0 Å². The van der Waals surface area contributed by atoms with Crippen LogP contribution in [0.15, 0.2) is 12.3 Å². The van der Waals surface area contributed by atoms with Crippen LogP contribution in [0, 0.1) is 0 Å². The molecule has 1 unspecified atom stereocenters. The summed E-state index contributed by atoms with van der Waals surface area (Å²) in [6.07, 6.45) is 6.30. The second-order valence-electron chi connectivity index (χ2n) is 4.29. The lowest BCUT2D eigenvalue weighted by atomic mass is 10.2. The van der Waals surface area contributed by atoms with Crippen LogP contribution in [0.3, 0.4) is 0 Å². The number of rotatable bonds is 2. The van der Waals surface area contributed by atoms with Crippen LogP contribution >= 0.6 is 0 Å². The van der Waals surface area contributed by atoms with Crippen LogP contribution in [-0.4, -0.2) is 13.3 Å². The predicted molar refractivity (Wildman–Crippen MR) is 51.2 cm³/mol. The topological polar surface area (TPSA) is 9.23 Å². The summed E-state index contributed by atoms with van der Waals surface area (Å²) in [5, 5.41) is 0.201. The Kier molecular flexibility index (Phi) is 2.14. The van der Waals surface area contributed by atoms with Gasteiger partial charge in [-0.3, -0.25) is 0 Å². The Bertz CT molecular complexity index is 159. The Hall–Kier alpha value is -0.243. The van der Waals surface area contributed by atoms with Gasteiger partial charge in [0.25, 0.3) is 0 Å². The summed E-state index contributed by atoms with van der Waals surface area (Å²) in [4.78, 5) is 0. The third kappa shape index (κ3) is 1.36. The van der Waals surface area contributed by atoms with E-state index in [-0.39, 0.29) is 5.22 Å². The molecule has 11 heavy (non-hydrogen) atoms. The fraction of sp³-hybridized carbons (Fsp3) is 0.778. The molecular formula is C9H18OSi. The highest BCUT2D eigenvalue weighted by Gasteiger charge is 2.44. The van der Waals surface area contributed by atoms with E-state index in [1.54, 1.807) is 0 Å². The van der Waals surface area contributed by atoms with E-state index in [9.17, 15) is 0 Å². The molecular weight excluding hydrogens is 152 g/mol. The van der Waals surface area contributed by atoms with Crippen molar-refractivity contribution in [3.63, 3.8) is 0 Å². The third-order valence-corrected chi connectivity index (χ3v) is 6.18. The van der Waals surface area contributed by atoms with E-state index in [0.29, 0.717) is 0 Å². The molecule has 0 amide bonds. The van der Waals surface area contributed by atoms with E-state index >= 15 is 0 Å². The van der Waals surface area contributed by atoms with Crippen molar-refractivity contribution in [2.45, 2.75) is 44.6 Å². The lowest BCUT2D eigenvalue weighted by molar-refractivity contribution is 0.111. The van der Waals surface area contributed by atoms with E-state index in [0.717, 1.165) is 12.8 Å². The Labute approximate surface area is 70.5 Å². The smallest absolute Gasteiger partial charge is 0.0986 e. The van der Waals surface area contributed by atoms with E-state index < -0.39 is 8.07 Å². The largest absolute Gasteiger partial charge is 0.499 e. The Morgan fingerprint density at radius 3 is 2.27 bits per heavy atom. The van der Waals surface area contributed by atoms with Gasteiger partial charge in [0.05, 0.1) is 19.6 Å². The molecule has 0 spiro atoms. The lowest BCUT2D eigenvalue weighted by Crippen LogP contribution is -2.51. The fourth-order valence-electron chi connectivity index (χ4n) is 1.71. The normalized spacial score (nSPS) is 30.5. The van der Waals surface area contributed by atoms with E-state index in [1.807, 2.05) is 6.26 Å². The average molecular weight is 170 g/mol. The number of hydrogen-bond acceptors (Lipinski definition) is 1. The predicted octanol–water partition coefficient (Wildman–Crippen LogP) is 2.95. The molecule has 0 aromatic heterocycles. The first-order chi connectivity index (χ1) is 5.02. The number of ether oxygens (including phenoxy) is 1. The molecule has 1 aliphatic heterocycles. The molecule has 64 valence electrons. The van der Waals surface area contributed by atoms with Gasteiger partial charge in [0.15, 0.2) is 0 Å². The Morgan fingerprint density at radius 2 is 2.09 bits per heavy atom. The average Bonchev–Trinajstić information content (AvgIpc) is 2.33. The van der Waals surface area contributed by atoms with E-state index in [1.165, 1.54) is 0 Å². The van der Waals surface area contributed by atoms with Crippen LogP contribution < -0.4 is 0 Å². The van der Waals surface area contributed by atoms with Gasteiger partial charge in [-0.2, -0.15) is 0 Å². The zero-order chi connectivity index (χ0) is 8.54. The van der Waals surface area contributed by atoms with E-state index in [4.69, 9.17) is 4.74 Å². The van der Waals surface area contributed by atoms with Crippen LogP contribution in [-0.2, 0) is 4.74 Å². The maximum absolute atomic E-state index is 5.74. The van der Waals surface area contributed by atoms with Crippen molar-refractivity contribution in [2.75, 3.05) is 0 Å². The van der Waals surface area contributed by atoms with Crippen molar-refractivity contribution in [3.05, 3.63) is 12.3 Å². The highest BCUT2D eigenvalue weighted by molar-refractivity contribution is 6.79. The molecule has 1 nitrogen and oxygen atoms in total. The summed E-state index contributed by atoms with van der Waals surface area (Å²) in [7, 11) is -1.16. The van der Waals surface area contributed by atoms with Gasteiger partial charge in [0.2, 0.25) is 0 Å². The van der Waals surface area contributed by atoms with Crippen molar-refractivity contribution in [1.29, 1.82) is 0 Å². The number of hydrogen-bond donors (Lipinski definition) is 0. The molecule has 0 fully saturated rings. The van der Waals surface area contributed by atoms with Crippen molar-refractivity contribution >= 4 is 8.07 Å². The highest BCUT2D eigenvalue weighted by atomic mass is 28.3.